The van der Waals surface area contributed by atoms with Crippen molar-refractivity contribution in [3.8, 4) is 39.8 Å². The standard InChI is InChI=1S/C41H33N3O2/c1-3-4-8-14-30-19-21-34-35-27-39-40(46-24-12-6-5-11-23-45-39)28-38(35)44(37(34)22-20-30)33-18-13-17-32(26-33)41-42-29(2)25-36(43-41)31-15-9-7-10-16-31/h3-20,22-28H,21H2,1-2H3/b4-3-,6-5-,14-8-,23-11+,24-12+. The van der Waals surface area contributed by atoms with Crippen molar-refractivity contribution in [1.82, 2.24) is 14.5 Å². The average Bonchev–Trinajstić information content (AvgIpc) is 3.23. The third-order valence-electron chi connectivity index (χ3n) is 7.91. The largest absolute Gasteiger partial charge is 0.461 e. The van der Waals surface area contributed by atoms with Crippen LogP contribution in [0.4, 0.5) is 0 Å². The summed E-state index contributed by atoms with van der Waals surface area (Å²) in [7, 11) is 0. The normalized spacial score (nSPS) is 16.3. The monoisotopic (exact) mass is 599 g/mol. The van der Waals surface area contributed by atoms with Crippen molar-refractivity contribution < 1.29 is 9.47 Å². The van der Waals surface area contributed by atoms with Crippen LogP contribution in [0.3, 0.4) is 0 Å². The molecule has 0 amide bonds. The molecule has 0 N–H and O–H groups in total. The fourth-order valence-corrected chi connectivity index (χ4v) is 5.78. The first-order chi connectivity index (χ1) is 22.7. The zero-order valence-electron chi connectivity index (χ0n) is 25.8. The third-order valence-corrected chi connectivity index (χ3v) is 7.91. The van der Waals surface area contributed by atoms with Crippen molar-refractivity contribution in [1.29, 1.82) is 0 Å². The fraction of sp³-hybridized carbons (Fsp3) is 0.0732. The van der Waals surface area contributed by atoms with Gasteiger partial charge in [-0.15, -0.1) is 0 Å². The molecule has 224 valence electrons. The Kier molecular flexibility index (Phi) is 8.12. The van der Waals surface area contributed by atoms with Gasteiger partial charge in [0.25, 0.3) is 0 Å². The lowest BCUT2D eigenvalue weighted by molar-refractivity contribution is 0.417. The number of aryl methyl sites for hydroxylation is 1. The first kappa shape index (κ1) is 28.8. The molecule has 0 atom stereocenters. The summed E-state index contributed by atoms with van der Waals surface area (Å²) in [6, 6.07) is 24.9. The SMILES string of the molecule is C/C=C\C=C/C1=CCc2c(n(-c3cccc(-c4nc(C)cc(-c5ccccc5)n4)c3)c3cc4c(cc23)O/C=C/C=C\C=C\O4)C=C1. The molecule has 0 spiro atoms. The molecule has 0 fully saturated rings. The van der Waals surface area contributed by atoms with Crippen molar-refractivity contribution in [2.24, 2.45) is 0 Å². The highest BCUT2D eigenvalue weighted by atomic mass is 16.5. The summed E-state index contributed by atoms with van der Waals surface area (Å²) in [5, 5.41) is 1.10. The summed E-state index contributed by atoms with van der Waals surface area (Å²) in [5.41, 5.74) is 9.33. The van der Waals surface area contributed by atoms with Gasteiger partial charge in [-0.05, 0) is 73.9 Å². The smallest absolute Gasteiger partial charge is 0.171 e. The highest BCUT2D eigenvalue weighted by molar-refractivity contribution is 5.93. The molecule has 1 aliphatic carbocycles. The molecule has 0 saturated carbocycles. The maximum absolute atomic E-state index is 6.08. The maximum atomic E-state index is 6.08. The molecule has 7 rings (SSSR count). The molecule has 5 aromatic rings. The molecular weight excluding hydrogens is 566 g/mol. The van der Waals surface area contributed by atoms with Gasteiger partial charge in [-0.3, -0.25) is 0 Å². The Morgan fingerprint density at radius 2 is 1.54 bits per heavy atom. The van der Waals surface area contributed by atoms with E-state index in [2.05, 4.69) is 83.5 Å². The van der Waals surface area contributed by atoms with Gasteiger partial charge in [0.1, 0.15) is 0 Å². The van der Waals surface area contributed by atoms with Crippen LogP contribution in [-0.4, -0.2) is 14.5 Å². The van der Waals surface area contributed by atoms with Crippen molar-refractivity contribution >= 4 is 17.0 Å². The molecule has 2 aromatic heterocycles. The third kappa shape index (κ3) is 5.91. The Morgan fingerprint density at radius 1 is 0.761 bits per heavy atom. The van der Waals surface area contributed by atoms with Crippen LogP contribution in [0, 0.1) is 6.92 Å². The number of ether oxygens (including phenoxy) is 2. The van der Waals surface area contributed by atoms with Gasteiger partial charge in [0.2, 0.25) is 0 Å². The molecule has 0 radical (unpaired) electrons. The van der Waals surface area contributed by atoms with Gasteiger partial charge in [-0.2, -0.15) is 0 Å². The van der Waals surface area contributed by atoms with Crippen molar-refractivity contribution in [3.63, 3.8) is 0 Å². The minimum atomic E-state index is 0.637. The number of hydrogen-bond acceptors (Lipinski definition) is 4. The van der Waals surface area contributed by atoms with Crippen molar-refractivity contribution in [2.45, 2.75) is 20.3 Å². The molecule has 1 aliphatic heterocycles. The van der Waals surface area contributed by atoms with E-state index in [1.54, 1.807) is 12.5 Å². The van der Waals surface area contributed by atoms with Crippen LogP contribution in [0.5, 0.6) is 11.5 Å². The number of rotatable bonds is 5. The topological polar surface area (TPSA) is 49.2 Å². The van der Waals surface area contributed by atoms with Crippen LogP contribution in [-0.2, 0) is 6.42 Å². The van der Waals surface area contributed by atoms with E-state index in [-0.39, 0.29) is 0 Å². The number of hydrogen-bond donors (Lipinski definition) is 0. The number of allylic oxidation sites excluding steroid dienone is 11. The minimum absolute atomic E-state index is 0.637. The van der Waals surface area contributed by atoms with Crippen LogP contribution in [0.15, 0.2) is 152 Å². The second kappa shape index (κ2) is 13.0. The summed E-state index contributed by atoms with van der Waals surface area (Å²) >= 11 is 0. The van der Waals surface area contributed by atoms with Crippen LogP contribution in [0.25, 0.3) is 45.3 Å². The molecule has 3 heterocycles. The van der Waals surface area contributed by atoms with Crippen LogP contribution in [0.2, 0.25) is 0 Å². The summed E-state index contributed by atoms with van der Waals surface area (Å²) in [6.45, 7) is 4.03. The Hall–Kier alpha value is -5.94. The number of fused-ring (bicyclic) bond motifs is 4. The second-order valence-electron chi connectivity index (χ2n) is 11.1. The highest BCUT2D eigenvalue weighted by Crippen LogP contribution is 2.41. The molecule has 0 saturated heterocycles. The lowest BCUT2D eigenvalue weighted by atomic mass is 10.1. The zero-order chi connectivity index (χ0) is 31.3. The van der Waals surface area contributed by atoms with E-state index in [1.807, 2.05) is 74.6 Å². The van der Waals surface area contributed by atoms with E-state index in [0.717, 1.165) is 56.8 Å². The zero-order valence-corrected chi connectivity index (χ0v) is 25.8. The highest BCUT2D eigenvalue weighted by Gasteiger charge is 2.21. The van der Waals surface area contributed by atoms with E-state index in [1.165, 1.54) is 5.56 Å². The van der Waals surface area contributed by atoms with Crippen molar-refractivity contribution in [3.05, 3.63) is 169 Å². The Morgan fingerprint density at radius 3 is 2.35 bits per heavy atom. The predicted molar refractivity (Wildman–Crippen MR) is 188 cm³/mol. The predicted octanol–water partition coefficient (Wildman–Crippen LogP) is 10.0. The summed E-state index contributed by atoms with van der Waals surface area (Å²) in [6.07, 6.45) is 26.6. The summed E-state index contributed by atoms with van der Waals surface area (Å²) in [5.74, 6) is 1.98. The second-order valence-corrected chi connectivity index (χ2v) is 11.1. The van der Waals surface area contributed by atoms with Gasteiger partial charge in [-0.1, -0.05) is 91.1 Å². The van der Waals surface area contributed by atoms with Crippen LogP contribution in [0.1, 0.15) is 23.9 Å². The van der Waals surface area contributed by atoms with E-state index >= 15 is 0 Å². The van der Waals surface area contributed by atoms with Crippen LogP contribution < -0.4 is 9.47 Å². The Labute approximate surface area is 269 Å². The van der Waals surface area contributed by atoms with Crippen molar-refractivity contribution in [2.75, 3.05) is 0 Å². The van der Waals surface area contributed by atoms with Gasteiger partial charge in [0.15, 0.2) is 17.3 Å². The van der Waals surface area contributed by atoms with E-state index < -0.39 is 0 Å². The lowest BCUT2D eigenvalue weighted by Crippen LogP contribution is -2.00. The molecule has 0 bridgehead atoms. The molecule has 2 aliphatic rings. The molecule has 46 heavy (non-hydrogen) atoms. The van der Waals surface area contributed by atoms with E-state index in [0.29, 0.717) is 17.3 Å². The van der Waals surface area contributed by atoms with Gasteiger partial charge >= 0.3 is 0 Å². The quantitative estimate of drug-likeness (QED) is 0.189. The molecular formula is C41H33N3O2. The minimum Gasteiger partial charge on any atom is -0.461 e. The van der Waals surface area contributed by atoms with Crippen LogP contribution >= 0.6 is 0 Å². The number of benzene rings is 3. The Balaban J connectivity index is 1.40. The average molecular weight is 600 g/mol. The van der Waals surface area contributed by atoms with Gasteiger partial charge in [-0.25, -0.2) is 9.97 Å². The first-order valence-electron chi connectivity index (χ1n) is 15.4. The van der Waals surface area contributed by atoms with E-state index in [4.69, 9.17) is 19.4 Å². The number of aromatic nitrogens is 3. The molecule has 5 heteroatoms. The fourth-order valence-electron chi connectivity index (χ4n) is 5.78. The first-order valence-corrected chi connectivity index (χ1v) is 15.4. The summed E-state index contributed by atoms with van der Waals surface area (Å²) < 4.78 is 14.4. The lowest BCUT2D eigenvalue weighted by Gasteiger charge is -2.13. The number of nitrogens with zero attached hydrogens (tertiary/aromatic N) is 3. The molecule has 0 unspecified atom stereocenters. The van der Waals surface area contributed by atoms with Gasteiger partial charge in [0, 0.05) is 34.0 Å². The molecule has 5 nitrogen and oxygen atoms in total. The molecule has 3 aromatic carbocycles. The maximum Gasteiger partial charge on any atom is 0.171 e. The van der Waals surface area contributed by atoms with Gasteiger partial charge < -0.3 is 14.0 Å². The summed E-state index contributed by atoms with van der Waals surface area (Å²) in [4.78, 5) is 9.83. The van der Waals surface area contributed by atoms with E-state index in [9.17, 15) is 0 Å². The van der Waals surface area contributed by atoms with Gasteiger partial charge in [0.05, 0.1) is 29.4 Å². The Bertz CT molecular complexity index is 2140.